The Balaban J connectivity index is 4.18. The monoisotopic (exact) mass is 254 g/mol. The van der Waals surface area contributed by atoms with Crippen LogP contribution >= 0.6 is 0 Å². The first kappa shape index (κ1) is 16.2. The normalized spacial score (nSPS) is 18.2. The van der Waals surface area contributed by atoms with E-state index >= 15 is 0 Å². The molecule has 0 radical (unpaired) electrons. The lowest BCUT2D eigenvalue weighted by Gasteiger charge is -2.24. The van der Waals surface area contributed by atoms with E-state index in [1.807, 2.05) is 0 Å². The fourth-order valence-corrected chi connectivity index (χ4v) is 0.984. The molecule has 102 valence electrons. The van der Waals surface area contributed by atoms with Gasteiger partial charge in [-0.3, -0.25) is 0 Å². The standard InChI is InChI=1S/C9H18O8/c10-2-1-3-17-9(16)8(15)7(14)6(13)5(12)4-11/h5-8,10-15H,1-4H2. The highest BCUT2D eigenvalue weighted by atomic mass is 16.5. The van der Waals surface area contributed by atoms with Crippen molar-refractivity contribution in [1.29, 1.82) is 0 Å². The zero-order chi connectivity index (χ0) is 13.4. The number of ether oxygens (including phenoxy) is 1. The summed E-state index contributed by atoms with van der Waals surface area (Å²) < 4.78 is 4.46. The first-order valence-corrected chi connectivity index (χ1v) is 5.06. The van der Waals surface area contributed by atoms with Crippen LogP contribution in [0, 0.1) is 0 Å². The van der Waals surface area contributed by atoms with Gasteiger partial charge in [0.15, 0.2) is 6.10 Å². The van der Waals surface area contributed by atoms with Crippen molar-refractivity contribution in [2.45, 2.75) is 30.8 Å². The minimum absolute atomic E-state index is 0.141. The number of hydrogen-bond acceptors (Lipinski definition) is 8. The van der Waals surface area contributed by atoms with Gasteiger partial charge in [0.25, 0.3) is 0 Å². The molecular weight excluding hydrogens is 236 g/mol. The van der Waals surface area contributed by atoms with Gasteiger partial charge in [-0.15, -0.1) is 0 Å². The van der Waals surface area contributed by atoms with Crippen LogP contribution in [0.5, 0.6) is 0 Å². The third-order valence-corrected chi connectivity index (χ3v) is 2.04. The molecule has 8 heteroatoms. The molecule has 0 aliphatic carbocycles. The molecule has 0 aromatic rings. The molecular formula is C9H18O8. The van der Waals surface area contributed by atoms with Crippen molar-refractivity contribution in [3.8, 4) is 0 Å². The molecule has 4 unspecified atom stereocenters. The molecule has 0 rings (SSSR count). The van der Waals surface area contributed by atoms with Crippen LogP contribution in [0.3, 0.4) is 0 Å². The highest BCUT2D eigenvalue weighted by molar-refractivity contribution is 5.75. The van der Waals surface area contributed by atoms with Gasteiger partial charge in [-0.1, -0.05) is 0 Å². The van der Waals surface area contributed by atoms with Crippen LogP contribution < -0.4 is 0 Å². The highest BCUT2D eigenvalue weighted by Gasteiger charge is 2.34. The maximum Gasteiger partial charge on any atom is 0.337 e. The average molecular weight is 254 g/mol. The first-order chi connectivity index (χ1) is 7.95. The lowest BCUT2D eigenvalue weighted by molar-refractivity contribution is -0.170. The summed E-state index contributed by atoms with van der Waals surface area (Å²) in [5.74, 6) is -1.19. The number of carbonyl (C=O) groups is 1. The molecule has 0 saturated heterocycles. The second-order valence-corrected chi connectivity index (χ2v) is 3.42. The fraction of sp³-hybridized carbons (Fsp3) is 0.889. The Morgan fingerprint density at radius 3 is 2.12 bits per heavy atom. The fourth-order valence-electron chi connectivity index (χ4n) is 0.984. The number of rotatable bonds is 8. The van der Waals surface area contributed by atoms with E-state index in [-0.39, 0.29) is 19.6 Å². The summed E-state index contributed by atoms with van der Waals surface area (Å²) in [6, 6.07) is 0. The molecule has 0 aromatic heterocycles. The van der Waals surface area contributed by atoms with Crippen LogP contribution in [-0.2, 0) is 9.53 Å². The summed E-state index contributed by atoms with van der Waals surface area (Å²) in [5, 5.41) is 53.7. The van der Waals surface area contributed by atoms with Crippen molar-refractivity contribution in [3.63, 3.8) is 0 Å². The van der Waals surface area contributed by atoms with Crippen LogP contribution in [0.4, 0.5) is 0 Å². The Kier molecular flexibility index (Phi) is 7.96. The van der Waals surface area contributed by atoms with Gasteiger partial charge in [0.05, 0.1) is 13.2 Å². The van der Waals surface area contributed by atoms with Crippen LogP contribution in [-0.4, -0.2) is 80.8 Å². The summed E-state index contributed by atoms with van der Waals surface area (Å²) in [5.41, 5.74) is 0. The van der Waals surface area contributed by atoms with Gasteiger partial charge in [-0.25, -0.2) is 4.79 Å². The third-order valence-electron chi connectivity index (χ3n) is 2.04. The van der Waals surface area contributed by atoms with Crippen molar-refractivity contribution in [2.24, 2.45) is 0 Å². The number of carbonyl (C=O) groups excluding carboxylic acids is 1. The van der Waals surface area contributed by atoms with E-state index in [2.05, 4.69) is 4.74 Å². The van der Waals surface area contributed by atoms with Crippen molar-refractivity contribution in [2.75, 3.05) is 19.8 Å². The topological polar surface area (TPSA) is 148 Å². The van der Waals surface area contributed by atoms with E-state index in [0.717, 1.165) is 0 Å². The molecule has 0 fully saturated rings. The third kappa shape index (κ3) is 5.39. The van der Waals surface area contributed by atoms with Crippen LogP contribution in [0.15, 0.2) is 0 Å². The Morgan fingerprint density at radius 2 is 1.65 bits per heavy atom. The zero-order valence-corrected chi connectivity index (χ0v) is 9.14. The molecule has 0 heterocycles. The molecule has 6 N–H and O–H groups in total. The number of esters is 1. The summed E-state index contributed by atoms with van der Waals surface area (Å²) in [7, 11) is 0. The Bertz CT molecular complexity index is 221. The van der Waals surface area contributed by atoms with Crippen LogP contribution in [0.1, 0.15) is 6.42 Å². The first-order valence-electron chi connectivity index (χ1n) is 5.06. The van der Waals surface area contributed by atoms with Crippen LogP contribution in [0.2, 0.25) is 0 Å². The molecule has 0 amide bonds. The van der Waals surface area contributed by atoms with E-state index in [1.54, 1.807) is 0 Å². The van der Waals surface area contributed by atoms with E-state index in [4.69, 9.17) is 15.3 Å². The molecule has 0 aromatic carbocycles. The van der Waals surface area contributed by atoms with E-state index < -0.39 is 37.0 Å². The van der Waals surface area contributed by atoms with E-state index in [0.29, 0.717) is 0 Å². The predicted octanol–water partition coefficient (Wildman–Crippen LogP) is -3.65. The minimum atomic E-state index is -2.04. The van der Waals surface area contributed by atoms with Crippen molar-refractivity contribution < 1.29 is 40.2 Å². The molecule has 17 heavy (non-hydrogen) atoms. The average Bonchev–Trinajstić information content (AvgIpc) is 2.35. The van der Waals surface area contributed by atoms with Gasteiger partial charge in [0.2, 0.25) is 0 Å². The van der Waals surface area contributed by atoms with Gasteiger partial charge < -0.3 is 35.4 Å². The Hall–Kier alpha value is -0.770. The molecule has 8 nitrogen and oxygen atoms in total. The predicted molar refractivity (Wildman–Crippen MR) is 53.8 cm³/mol. The lowest BCUT2D eigenvalue weighted by Crippen LogP contribution is -2.49. The molecule has 0 spiro atoms. The second kappa shape index (κ2) is 8.34. The van der Waals surface area contributed by atoms with Crippen molar-refractivity contribution in [1.82, 2.24) is 0 Å². The minimum Gasteiger partial charge on any atom is -0.464 e. The number of aliphatic hydroxyl groups is 6. The van der Waals surface area contributed by atoms with Crippen molar-refractivity contribution >= 4 is 5.97 Å². The Labute approximate surface area is 97.7 Å². The van der Waals surface area contributed by atoms with Gasteiger partial charge in [-0.2, -0.15) is 0 Å². The van der Waals surface area contributed by atoms with Gasteiger partial charge in [0, 0.05) is 13.0 Å². The molecule has 0 bridgehead atoms. The SMILES string of the molecule is O=C(OCCCO)C(O)C(O)C(O)C(O)CO. The summed E-state index contributed by atoms with van der Waals surface area (Å²) >= 11 is 0. The maximum atomic E-state index is 11.1. The zero-order valence-electron chi connectivity index (χ0n) is 9.14. The summed E-state index contributed by atoms with van der Waals surface area (Å²) in [4.78, 5) is 11.1. The molecule has 4 atom stereocenters. The number of hydrogen-bond donors (Lipinski definition) is 6. The van der Waals surface area contributed by atoms with E-state index in [9.17, 15) is 20.1 Å². The largest absolute Gasteiger partial charge is 0.464 e. The van der Waals surface area contributed by atoms with E-state index in [1.165, 1.54) is 0 Å². The second-order valence-electron chi connectivity index (χ2n) is 3.42. The maximum absolute atomic E-state index is 11.1. The molecule has 0 aliphatic heterocycles. The quantitative estimate of drug-likeness (QED) is 0.192. The van der Waals surface area contributed by atoms with Gasteiger partial charge in [-0.05, 0) is 0 Å². The smallest absolute Gasteiger partial charge is 0.337 e. The lowest BCUT2D eigenvalue weighted by atomic mass is 10.0. The van der Waals surface area contributed by atoms with Crippen LogP contribution in [0.25, 0.3) is 0 Å². The molecule has 0 aliphatic rings. The van der Waals surface area contributed by atoms with Crippen molar-refractivity contribution in [3.05, 3.63) is 0 Å². The van der Waals surface area contributed by atoms with Gasteiger partial charge in [0.1, 0.15) is 18.3 Å². The number of aliphatic hydroxyl groups excluding tert-OH is 6. The molecule has 0 saturated carbocycles. The Morgan fingerprint density at radius 1 is 1.06 bits per heavy atom. The summed E-state index contributed by atoms with van der Waals surface area (Å²) in [6.45, 7) is -1.17. The van der Waals surface area contributed by atoms with Gasteiger partial charge >= 0.3 is 5.97 Å². The summed E-state index contributed by atoms with van der Waals surface area (Å²) in [6.07, 6.45) is -7.38. The highest BCUT2D eigenvalue weighted by Crippen LogP contribution is 2.06.